The zero-order chi connectivity index (χ0) is 11.0. The maximum atomic E-state index is 10.4. The van der Waals surface area contributed by atoms with Crippen LogP contribution in [0.4, 0.5) is 0 Å². The number of rotatable bonds is 3. The normalized spacial score (nSPS) is 8.86. The predicted molar refractivity (Wildman–Crippen MR) is 57.1 cm³/mol. The first-order chi connectivity index (χ1) is 6.70. The lowest BCUT2D eigenvalue weighted by Gasteiger charge is -1.99. The molecule has 82 valence electrons. The summed E-state index contributed by atoms with van der Waals surface area (Å²) in [5, 5.41) is 0. The summed E-state index contributed by atoms with van der Waals surface area (Å²) in [6.45, 7) is 7.74. The van der Waals surface area contributed by atoms with Crippen molar-refractivity contribution in [1.82, 2.24) is 9.97 Å². The van der Waals surface area contributed by atoms with E-state index < -0.39 is 0 Å². The van der Waals surface area contributed by atoms with E-state index in [0.29, 0.717) is 13.0 Å². The van der Waals surface area contributed by atoms with Gasteiger partial charge < -0.3 is 9.72 Å². The number of hydrogen-bond donors (Lipinski definition) is 1. The number of imidazole rings is 1. The molecule has 1 N–H and O–H groups in total. The molecule has 1 rings (SSSR count). The monoisotopic (exact) mass is 200 g/mol. The van der Waals surface area contributed by atoms with Gasteiger partial charge in [0.05, 0.1) is 18.6 Å². The highest BCUT2D eigenvalue weighted by molar-refractivity contribution is 5.65. The van der Waals surface area contributed by atoms with Crippen molar-refractivity contribution in [3.63, 3.8) is 0 Å². The minimum atomic E-state index is -0.247. The van der Waals surface area contributed by atoms with Gasteiger partial charge in [0.1, 0.15) is 0 Å². The molecule has 14 heavy (non-hydrogen) atoms. The van der Waals surface area contributed by atoms with Crippen LogP contribution in [0.2, 0.25) is 0 Å². The molecule has 1 heterocycles. The van der Waals surface area contributed by atoms with Crippen molar-refractivity contribution in [2.75, 3.05) is 6.61 Å². The van der Waals surface area contributed by atoms with Crippen molar-refractivity contribution < 1.29 is 11.0 Å². The van der Waals surface area contributed by atoms with E-state index >= 15 is 0 Å². The molecule has 1 aromatic heterocycles. The molecule has 4 nitrogen and oxygen atoms in total. The number of nitrogens with one attached hydrogen (secondary N) is 1. The molecule has 0 aromatic carbocycles. The average molecular weight is 200 g/mol. The number of aromatic nitrogens is 2. The summed E-state index contributed by atoms with van der Waals surface area (Å²) in [6.07, 6.45) is 2.31. The minimum absolute atomic E-state index is 0. The van der Waals surface area contributed by atoms with E-state index in [1.54, 1.807) is 6.33 Å². The Morgan fingerprint density at radius 1 is 1.64 bits per heavy atom. The average Bonchev–Trinajstić information content (AvgIpc) is 2.55. The van der Waals surface area contributed by atoms with Crippen LogP contribution in [0.15, 0.2) is 6.33 Å². The Morgan fingerprint density at radius 3 is 2.71 bits per heavy atom. The SMILES string of the molecule is CC.CC(=O)OCCc1nc[nH]c1C.[HH]. The second kappa shape index (κ2) is 7.12. The summed E-state index contributed by atoms with van der Waals surface area (Å²) in [4.78, 5) is 17.4. The zero-order valence-electron chi connectivity index (χ0n) is 9.26. The van der Waals surface area contributed by atoms with Crippen LogP contribution in [0.1, 0.15) is 33.6 Å². The van der Waals surface area contributed by atoms with Crippen LogP contribution >= 0.6 is 0 Å². The van der Waals surface area contributed by atoms with E-state index in [1.807, 2.05) is 20.8 Å². The van der Waals surface area contributed by atoms with Gasteiger partial charge in [-0.15, -0.1) is 0 Å². The molecule has 0 bridgehead atoms. The fourth-order valence-corrected chi connectivity index (χ4v) is 0.931. The van der Waals surface area contributed by atoms with Crippen LogP contribution in [0.25, 0.3) is 0 Å². The summed E-state index contributed by atoms with van der Waals surface area (Å²) in [5.74, 6) is -0.247. The number of ether oxygens (including phenoxy) is 1. The number of aryl methyl sites for hydroxylation is 1. The number of esters is 1. The highest BCUT2D eigenvalue weighted by atomic mass is 16.5. The van der Waals surface area contributed by atoms with Gasteiger partial charge in [-0.05, 0) is 6.92 Å². The third-order valence-electron chi connectivity index (χ3n) is 1.58. The van der Waals surface area contributed by atoms with Gasteiger partial charge in [0.2, 0.25) is 0 Å². The van der Waals surface area contributed by atoms with Crippen molar-refractivity contribution in [3.05, 3.63) is 17.7 Å². The second-order valence-electron chi connectivity index (χ2n) is 2.56. The van der Waals surface area contributed by atoms with E-state index in [9.17, 15) is 4.79 Å². The van der Waals surface area contributed by atoms with Gasteiger partial charge in [-0.1, -0.05) is 13.8 Å². The molecule has 0 atom stereocenters. The van der Waals surface area contributed by atoms with E-state index in [1.165, 1.54) is 6.92 Å². The molecule has 0 aliphatic rings. The predicted octanol–water partition coefficient (Wildman–Crippen LogP) is 2.10. The smallest absolute Gasteiger partial charge is 0.302 e. The van der Waals surface area contributed by atoms with Crippen molar-refractivity contribution in [1.29, 1.82) is 0 Å². The zero-order valence-corrected chi connectivity index (χ0v) is 9.26. The molecule has 0 aliphatic heterocycles. The second-order valence-corrected chi connectivity index (χ2v) is 2.56. The molecule has 1 aromatic rings. The van der Waals surface area contributed by atoms with Gasteiger partial charge in [-0.3, -0.25) is 4.79 Å². The molecule has 0 aliphatic carbocycles. The lowest BCUT2D eigenvalue weighted by Crippen LogP contribution is -2.04. The highest BCUT2D eigenvalue weighted by Crippen LogP contribution is 2.00. The van der Waals surface area contributed by atoms with Crippen LogP contribution in [-0.2, 0) is 16.0 Å². The van der Waals surface area contributed by atoms with E-state index in [4.69, 9.17) is 4.74 Å². The molecular formula is C10H20N2O2. The van der Waals surface area contributed by atoms with Gasteiger partial charge in [0, 0.05) is 20.5 Å². The Morgan fingerprint density at radius 2 is 2.29 bits per heavy atom. The van der Waals surface area contributed by atoms with Crippen molar-refractivity contribution >= 4 is 5.97 Å². The van der Waals surface area contributed by atoms with Crippen LogP contribution in [-0.4, -0.2) is 22.5 Å². The maximum absolute atomic E-state index is 10.4. The van der Waals surface area contributed by atoms with E-state index in [0.717, 1.165) is 11.4 Å². The Balaban J connectivity index is 0. The first-order valence-corrected chi connectivity index (χ1v) is 4.82. The van der Waals surface area contributed by atoms with Gasteiger partial charge in [-0.25, -0.2) is 4.98 Å². The molecular weight excluding hydrogens is 180 g/mol. The quantitative estimate of drug-likeness (QED) is 0.760. The lowest BCUT2D eigenvalue weighted by atomic mass is 10.3. The number of carbonyl (C=O) groups excluding carboxylic acids is 1. The van der Waals surface area contributed by atoms with Crippen molar-refractivity contribution in [2.24, 2.45) is 0 Å². The summed E-state index contributed by atoms with van der Waals surface area (Å²) < 4.78 is 4.78. The Kier molecular flexibility index (Phi) is 6.45. The number of carbonyl (C=O) groups is 1. The van der Waals surface area contributed by atoms with Crippen LogP contribution < -0.4 is 0 Å². The summed E-state index contributed by atoms with van der Waals surface area (Å²) in [5.41, 5.74) is 1.98. The highest BCUT2D eigenvalue weighted by Gasteiger charge is 2.00. The summed E-state index contributed by atoms with van der Waals surface area (Å²) in [6, 6.07) is 0. The van der Waals surface area contributed by atoms with Crippen LogP contribution in [0.3, 0.4) is 0 Å². The largest absolute Gasteiger partial charge is 0.465 e. The summed E-state index contributed by atoms with van der Waals surface area (Å²) in [7, 11) is 0. The number of aromatic amines is 1. The number of hydrogen-bond acceptors (Lipinski definition) is 3. The molecule has 0 spiro atoms. The number of H-pyrrole nitrogens is 1. The molecule has 0 fully saturated rings. The van der Waals surface area contributed by atoms with Crippen molar-refractivity contribution in [2.45, 2.75) is 34.1 Å². The third kappa shape index (κ3) is 4.64. The van der Waals surface area contributed by atoms with E-state index in [2.05, 4.69) is 9.97 Å². The Hall–Kier alpha value is -1.32. The maximum Gasteiger partial charge on any atom is 0.302 e. The summed E-state index contributed by atoms with van der Waals surface area (Å²) >= 11 is 0. The third-order valence-corrected chi connectivity index (χ3v) is 1.58. The molecule has 4 heteroatoms. The van der Waals surface area contributed by atoms with E-state index in [-0.39, 0.29) is 7.40 Å². The molecule has 0 saturated carbocycles. The molecule has 0 saturated heterocycles. The molecule has 0 amide bonds. The topological polar surface area (TPSA) is 55.0 Å². The first-order valence-electron chi connectivity index (χ1n) is 4.82. The van der Waals surface area contributed by atoms with Crippen molar-refractivity contribution in [3.8, 4) is 0 Å². The first kappa shape index (κ1) is 12.7. The molecule has 0 radical (unpaired) electrons. The van der Waals surface area contributed by atoms with Crippen LogP contribution in [0, 0.1) is 6.92 Å². The molecule has 0 unspecified atom stereocenters. The fourth-order valence-electron chi connectivity index (χ4n) is 0.931. The van der Waals surface area contributed by atoms with Crippen LogP contribution in [0.5, 0.6) is 0 Å². The van der Waals surface area contributed by atoms with Gasteiger partial charge in [0.15, 0.2) is 0 Å². The number of nitrogens with zero attached hydrogens (tertiary/aromatic N) is 1. The van der Waals surface area contributed by atoms with Gasteiger partial charge in [-0.2, -0.15) is 0 Å². The fraction of sp³-hybridized carbons (Fsp3) is 0.600. The minimum Gasteiger partial charge on any atom is -0.465 e. The lowest BCUT2D eigenvalue weighted by molar-refractivity contribution is -0.140. The van der Waals surface area contributed by atoms with Gasteiger partial charge in [0.25, 0.3) is 0 Å². The van der Waals surface area contributed by atoms with Gasteiger partial charge >= 0.3 is 5.97 Å². The Labute approximate surface area is 86.2 Å². The Bertz CT molecular complexity index is 274. The standard InChI is InChI=1S/C8H12N2O2.C2H6.H2/c1-6-8(10-5-9-6)3-4-12-7(2)11;1-2;/h5H,3-4H2,1-2H3,(H,9,10);1-2H3;1H.